The van der Waals surface area contributed by atoms with Crippen LogP contribution in [0.5, 0.6) is 5.75 Å². The Morgan fingerprint density at radius 1 is 1.02 bits per heavy atom. The molecule has 3 aliphatic carbocycles. The number of alkyl carbamates (subject to hydrolysis) is 1. The van der Waals surface area contributed by atoms with Crippen LogP contribution < -0.4 is 15.0 Å². The number of carbonyl (C=O) groups excluding carboxylic acids is 2. The Morgan fingerprint density at radius 2 is 1.78 bits per heavy atom. The topological polar surface area (TPSA) is 143 Å². The van der Waals surface area contributed by atoms with Gasteiger partial charge in [0.25, 0.3) is 0 Å². The van der Waals surface area contributed by atoms with Crippen molar-refractivity contribution in [2.24, 2.45) is 11.8 Å². The Bertz CT molecular complexity index is 1550. The van der Waals surface area contributed by atoms with E-state index in [2.05, 4.69) is 21.4 Å². The summed E-state index contributed by atoms with van der Waals surface area (Å²) in [5.74, 6) is 2.75. The van der Waals surface area contributed by atoms with E-state index < -0.39 is 6.09 Å². The molecule has 3 heterocycles. The monoisotopic (exact) mass is 612 g/mol. The van der Waals surface area contributed by atoms with Gasteiger partial charge in [-0.1, -0.05) is 0 Å². The van der Waals surface area contributed by atoms with E-state index in [4.69, 9.17) is 18.9 Å². The fourth-order valence-corrected chi connectivity index (χ4v) is 6.65. The summed E-state index contributed by atoms with van der Waals surface area (Å²) in [6, 6.07) is 9.77. The van der Waals surface area contributed by atoms with Crippen LogP contribution in [0, 0.1) is 23.2 Å². The number of nitriles is 1. The molecule has 6 rings (SSSR count). The first-order valence-corrected chi connectivity index (χ1v) is 16.0. The molecule has 0 spiro atoms. The van der Waals surface area contributed by atoms with Crippen molar-refractivity contribution in [3.63, 3.8) is 0 Å². The van der Waals surface area contributed by atoms with E-state index in [1.807, 2.05) is 29.2 Å². The molecule has 0 radical (unpaired) electrons. The number of oxazole rings is 1. The van der Waals surface area contributed by atoms with E-state index in [1.54, 1.807) is 26.6 Å². The number of nitrogens with one attached hydrogen (secondary N) is 1. The second kappa shape index (κ2) is 13.7. The van der Waals surface area contributed by atoms with Crippen LogP contribution in [0.25, 0.3) is 11.3 Å². The number of rotatable bonds is 9. The number of anilines is 1. The molecule has 1 N–H and O–H groups in total. The molecule has 3 saturated carbocycles. The predicted octanol–water partition coefficient (Wildman–Crippen LogP) is 6.11. The van der Waals surface area contributed by atoms with E-state index in [1.165, 1.54) is 0 Å². The third-order valence-electron chi connectivity index (χ3n) is 9.45. The number of amides is 2. The van der Waals surface area contributed by atoms with E-state index >= 15 is 0 Å². The summed E-state index contributed by atoms with van der Waals surface area (Å²) in [6.45, 7) is 0.572. The number of aromatic nitrogens is 3. The van der Waals surface area contributed by atoms with Crippen molar-refractivity contribution < 1.29 is 23.5 Å². The molecule has 2 amide bonds. The van der Waals surface area contributed by atoms with Gasteiger partial charge in [-0.2, -0.15) is 5.26 Å². The number of methoxy groups -OCH3 is 1. The Balaban J connectivity index is 1.18. The average Bonchev–Trinajstić information content (AvgIpc) is 3.82. The highest BCUT2D eigenvalue weighted by atomic mass is 16.6. The maximum Gasteiger partial charge on any atom is 0.407 e. The number of nitrogens with zero attached hydrogens (tertiary/aromatic N) is 5. The average molecular weight is 613 g/mol. The van der Waals surface area contributed by atoms with Crippen molar-refractivity contribution in [1.82, 2.24) is 20.3 Å². The zero-order chi connectivity index (χ0) is 31.3. The molecular formula is C34H40N6O5. The summed E-state index contributed by atoms with van der Waals surface area (Å²) in [5.41, 5.74) is 2.86. The summed E-state index contributed by atoms with van der Waals surface area (Å²) < 4.78 is 16.5. The van der Waals surface area contributed by atoms with Crippen molar-refractivity contribution >= 4 is 17.8 Å². The van der Waals surface area contributed by atoms with Gasteiger partial charge in [-0.05, 0) is 94.4 Å². The normalized spacial score (nSPS) is 23.0. The van der Waals surface area contributed by atoms with Crippen LogP contribution in [0.3, 0.4) is 0 Å². The van der Waals surface area contributed by atoms with Crippen LogP contribution in [0.15, 0.2) is 41.1 Å². The Morgan fingerprint density at radius 3 is 2.47 bits per heavy atom. The van der Waals surface area contributed by atoms with Crippen LogP contribution in [-0.2, 0) is 9.53 Å². The third kappa shape index (κ3) is 7.11. The smallest absolute Gasteiger partial charge is 0.407 e. The predicted molar refractivity (Wildman–Crippen MR) is 166 cm³/mol. The minimum Gasteiger partial charge on any atom is -0.494 e. The molecule has 3 aromatic heterocycles. The van der Waals surface area contributed by atoms with E-state index in [0.29, 0.717) is 61.3 Å². The largest absolute Gasteiger partial charge is 0.494 e. The van der Waals surface area contributed by atoms with Crippen LogP contribution in [0.4, 0.5) is 10.6 Å². The molecule has 3 fully saturated rings. The van der Waals surface area contributed by atoms with Gasteiger partial charge in [0, 0.05) is 48.8 Å². The third-order valence-corrected chi connectivity index (χ3v) is 9.45. The number of ether oxygens (including phenoxy) is 2. The van der Waals surface area contributed by atoms with Gasteiger partial charge in [-0.25, -0.2) is 19.7 Å². The Kier molecular flexibility index (Phi) is 9.29. The molecule has 0 aliphatic heterocycles. The molecule has 0 aromatic carbocycles. The standard InChI is InChI=1S/C34H40N6O5/c1-36-34(42)45-26-11-9-24(10-12-26)33(41)40(31-17-25(15-16-37-31)29-20-44-32(39-29)23-7-8-23)19-21-3-5-22(6-4-21)27-13-14-30(43-2)28(18-35)38-27/h13-17,20-24,26H,3-12,19H2,1-2H3,(H,36,42)/t21-,22-,24-,26-. The fraction of sp³-hybridized carbons (Fsp3) is 0.529. The molecule has 45 heavy (non-hydrogen) atoms. The van der Waals surface area contributed by atoms with Crippen LogP contribution in [-0.4, -0.2) is 53.8 Å². The molecule has 11 nitrogen and oxygen atoms in total. The molecule has 11 heteroatoms. The molecule has 3 aliphatic rings. The molecule has 0 atom stereocenters. The van der Waals surface area contributed by atoms with E-state index in [9.17, 15) is 14.9 Å². The zero-order valence-corrected chi connectivity index (χ0v) is 25.9. The van der Waals surface area contributed by atoms with Crippen LogP contribution in [0.2, 0.25) is 0 Å². The SMILES string of the molecule is CNC(=O)O[C@H]1CC[C@H](C(=O)N(C[C@H]2CC[C@H](c3ccc(OC)c(C#N)n3)CC2)c2cc(-c3coc(C4CC4)n3)ccn2)CC1. The fourth-order valence-electron chi connectivity index (χ4n) is 6.65. The highest BCUT2D eigenvalue weighted by Crippen LogP contribution is 2.41. The van der Waals surface area contributed by atoms with Gasteiger partial charge >= 0.3 is 6.09 Å². The van der Waals surface area contributed by atoms with Gasteiger partial charge in [-0.3, -0.25) is 9.69 Å². The van der Waals surface area contributed by atoms with Gasteiger partial charge < -0.3 is 19.2 Å². The number of hydrogen-bond acceptors (Lipinski definition) is 9. The molecule has 236 valence electrons. The van der Waals surface area contributed by atoms with Gasteiger partial charge in [0.15, 0.2) is 17.3 Å². The first kappa shape index (κ1) is 30.6. The van der Waals surface area contributed by atoms with Crippen molar-refractivity contribution in [2.45, 2.75) is 82.1 Å². The zero-order valence-electron chi connectivity index (χ0n) is 25.9. The maximum atomic E-state index is 14.2. The summed E-state index contributed by atoms with van der Waals surface area (Å²) in [7, 11) is 3.09. The first-order valence-electron chi connectivity index (χ1n) is 16.0. The summed E-state index contributed by atoms with van der Waals surface area (Å²) in [6.07, 6.45) is 11.4. The maximum absolute atomic E-state index is 14.2. The minimum absolute atomic E-state index is 0.0643. The Hall–Kier alpha value is -4.46. The first-order chi connectivity index (χ1) is 21.9. The van der Waals surface area contributed by atoms with Crippen LogP contribution in [0.1, 0.15) is 93.3 Å². The summed E-state index contributed by atoms with van der Waals surface area (Å²) in [5, 5.41) is 12.0. The lowest BCUT2D eigenvalue weighted by Gasteiger charge is -2.35. The van der Waals surface area contributed by atoms with Crippen molar-refractivity contribution in [3.8, 4) is 23.1 Å². The highest BCUT2D eigenvalue weighted by Gasteiger charge is 2.35. The van der Waals surface area contributed by atoms with Gasteiger partial charge in [-0.15, -0.1) is 0 Å². The summed E-state index contributed by atoms with van der Waals surface area (Å²) in [4.78, 5) is 41.8. The van der Waals surface area contributed by atoms with Crippen molar-refractivity contribution in [2.75, 3.05) is 25.6 Å². The van der Waals surface area contributed by atoms with Crippen LogP contribution >= 0.6 is 0 Å². The second-order valence-electron chi connectivity index (χ2n) is 12.4. The molecule has 0 bridgehead atoms. The van der Waals surface area contributed by atoms with E-state index in [-0.39, 0.29) is 23.8 Å². The van der Waals surface area contributed by atoms with Crippen molar-refractivity contribution in [3.05, 3.63) is 54.0 Å². The highest BCUT2D eigenvalue weighted by molar-refractivity contribution is 5.94. The summed E-state index contributed by atoms with van der Waals surface area (Å²) >= 11 is 0. The van der Waals surface area contributed by atoms with Gasteiger partial charge in [0.2, 0.25) is 5.91 Å². The molecule has 0 saturated heterocycles. The number of pyridine rings is 2. The second-order valence-corrected chi connectivity index (χ2v) is 12.4. The van der Waals surface area contributed by atoms with Gasteiger partial charge in [0.05, 0.1) is 7.11 Å². The number of carbonyl (C=O) groups is 2. The lowest BCUT2D eigenvalue weighted by molar-refractivity contribution is -0.124. The Labute approximate surface area is 263 Å². The lowest BCUT2D eigenvalue weighted by Crippen LogP contribution is -2.42. The molecule has 3 aromatic rings. The van der Waals surface area contributed by atoms with E-state index in [0.717, 1.165) is 61.4 Å². The lowest BCUT2D eigenvalue weighted by atomic mass is 9.79. The van der Waals surface area contributed by atoms with Gasteiger partial charge in [0.1, 0.15) is 29.9 Å². The minimum atomic E-state index is -0.436. The molecule has 0 unspecified atom stereocenters. The number of hydrogen-bond donors (Lipinski definition) is 1. The van der Waals surface area contributed by atoms with Crippen molar-refractivity contribution in [1.29, 1.82) is 5.26 Å². The quantitative estimate of drug-likeness (QED) is 0.303. The molecular weight excluding hydrogens is 572 g/mol.